The fourth-order valence-electron chi connectivity index (χ4n) is 1.73. The number of alkyl halides is 3. The van der Waals surface area contributed by atoms with Crippen molar-refractivity contribution >= 4 is 29.7 Å². The number of hydrogen-bond donors (Lipinski definition) is 4. The Balaban J connectivity index is 0. The number of hydrogen-bond acceptors (Lipinski definition) is 8. The molecule has 0 fully saturated rings. The van der Waals surface area contributed by atoms with Gasteiger partial charge >= 0.3 is 24.3 Å². The van der Waals surface area contributed by atoms with Gasteiger partial charge in [0.1, 0.15) is 11.2 Å². The molecular weight excluding hydrogens is 465 g/mol. The van der Waals surface area contributed by atoms with Crippen LogP contribution in [0.2, 0.25) is 0 Å². The van der Waals surface area contributed by atoms with Crippen molar-refractivity contribution in [2.24, 2.45) is 5.73 Å². The number of alkyl carbamates (subject to hydrolysis) is 2. The number of ketones is 2. The Morgan fingerprint density at radius 2 is 1.12 bits per heavy atom. The van der Waals surface area contributed by atoms with E-state index in [-0.39, 0.29) is 12.3 Å². The fourth-order valence-corrected chi connectivity index (χ4v) is 1.73. The Labute approximate surface area is 196 Å². The molecule has 14 heteroatoms. The summed E-state index contributed by atoms with van der Waals surface area (Å²) in [5.74, 6) is -3.22. The average molecular weight is 501 g/mol. The van der Waals surface area contributed by atoms with Gasteiger partial charge < -0.3 is 31.2 Å². The SMILES string of the molecule is C[C@@H](NC(=O)OC(C)(C)C)C(=O)CN.C[C@@H](NC(=O)OC(C)(C)C)C(=O)CNC(=O)C(F)(F)F. The molecule has 0 aromatic heterocycles. The number of halogens is 3. The molecule has 0 spiro atoms. The standard InChI is InChI=1S/C11H17F3N2O4.C9H18N2O3/c1-6(16-9(19)20-10(2,3)4)7(17)5-15-8(18)11(12,13)14;1-6(7(12)5-10)11-8(13)14-9(2,3)4/h6H,5H2,1-4H3,(H,15,18)(H,16,19);6H,5,10H2,1-4H3,(H,11,13)/t2*6-/m11/s1. The van der Waals surface area contributed by atoms with Crippen LogP contribution in [0.1, 0.15) is 55.4 Å². The predicted octanol–water partition coefficient (Wildman–Crippen LogP) is 1.57. The molecule has 0 saturated heterocycles. The highest BCUT2D eigenvalue weighted by Crippen LogP contribution is 2.13. The van der Waals surface area contributed by atoms with Gasteiger partial charge in [-0.1, -0.05) is 0 Å². The molecule has 0 aliphatic heterocycles. The minimum absolute atomic E-state index is 0.0863. The van der Waals surface area contributed by atoms with Crippen molar-refractivity contribution in [3.63, 3.8) is 0 Å². The van der Waals surface area contributed by atoms with Gasteiger partial charge in [-0.2, -0.15) is 13.2 Å². The summed E-state index contributed by atoms with van der Waals surface area (Å²) < 4.78 is 45.5. The van der Waals surface area contributed by atoms with Crippen molar-refractivity contribution in [2.75, 3.05) is 13.1 Å². The van der Waals surface area contributed by atoms with Gasteiger partial charge in [0.15, 0.2) is 11.6 Å². The highest BCUT2D eigenvalue weighted by molar-refractivity contribution is 5.92. The fraction of sp³-hybridized carbons (Fsp3) is 0.750. The van der Waals surface area contributed by atoms with Crippen LogP contribution in [-0.2, 0) is 23.9 Å². The molecule has 0 unspecified atom stereocenters. The van der Waals surface area contributed by atoms with Crippen LogP contribution in [0.4, 0.5) is 22.8 Å². The summed E-state index contributed by atoms with van der Waals surface area (Å²) >= 11 is 0. The first kappa shape index (κ1) is 33.3. The smallest absolute Gasteiger partial charge is 0.444 e. The molecule has 0 saturated carbocycles. The van der Waals surface area contributed by atoms with E-state index >= 15 is 0 Å². The molecule has 34 heavy (non-hydrogen) atoms. The summed E-state index contributed by atoms with van der Waals surface area (Å²) in [6.07, 6.45) is -6.53. The molecule has 0 aromatic rings. The minimum atomic E-state index is -5.05. The van der Waals surface area contributed by atoms with Crippen LogP contribution in [-0.4, -0.2) is 72.2 Å². The number of nitrogens with one attached hydrogen (secondary N) is 3. The molecule has 0 aromatic carbocycles. The topological polar surface area (TPSA) is 166 Å². The zero-order valence-electron chi connectivity index (χ0n) is 20.6. The van der Waals surface area contributed by atoms with Gasteiger partial charge in [-0.05, 0) is 55.4 Å². The summed E-state index contributed by atoms with van der Waals surface area (Å²) in [7, 11) is 0. The summed E-state index contributed by atoms with van der Waals surface area (Å²) in [6, 6.07) is -1.69. The monoisotopic (exact) mass is 500 g/mol. The molecule has 5 N–H and O–H groups in total. The highest BCUT2D eigenvalue weighted by atomic mass is 19.4. The van der Waals surface area contributed by atoms with E-state index in [9.17, 15) is 37.1 Å². The molecule has 2 atom stereocenters. The normalized spacial score (nSPS) is 13.3. The van der Waals surface area contributed by atoms with Crippen molar-refractivity contribution in [3.8, 4) is 0 Å². The van der Waals surface area contributed by atoms with Crippen LogP contribution < -0.4 is 21.7 Å². The Hall–Kier alpha value is -2.90. The lowest BCUT2D eigenvalue weighted by atomic mass is 10.2. The number of carbonyl (C=O) groups excluding carboxylic acids is 5. The predicted molar refractivity (Wildman–Crippen MR) is 116 cm³/mol. The van der Waals surface area contributed by atoms with Crippen molar-refractivity contribution < 1.29 is 46.6 Å². The van der Waals surface area contributed by atoms with Gasteiger partial charge in [-0.25, -0.2) is 9.59 Å². The maximum atomic E-state index is 11.9. The van der Waals surface area contributed by atoms with Gasteiger partial charge in [0.2, 0.25) is 0 Å². The van der Waals surface area contributed by atoms with Crippen LogP contribution in [0.25, 0.3) is 0 Å². The second kappa shape index (κ2) is 13.7. The summed E-state index contributed by atoms with van der Waals surface area (Å²) in [6.45, 7) is 12.0. The summed E-state index contributed by atoms with van der Waals surface area (Å²) in [4.78, 5) is 55.4. The zero-order valence-corrected chi connectivity index (χ0v) is 20.6. The Morgan fingerprint density at radius 3 is 1.41 bits per heavy atom. The second-order valence-electron chi connectivity index (χ2n) is 9.05. The molecular formula is C20H35F3N4O7. The molecule has 11 nitrogen and oxygen atoms in total. The second-order valence-corrected chi connectivity index (χ2v) is 9.05. The van der Waals surface area contributed by atoms with Crippen molar-refractivity contribution in [3.05, 3.63) is 0 Å². The average Bonchev–Trinajstić information content (AvgIpc) is 2.61. The van der Waals surface area contributed by atoms with E-state index in [1.54, 1.807) is 48.5 Å². The Morgan fingerprint density at radius 1 is 0.765 bits per heavy atom. The minimum Gasteiger partial charge on any atom is -0.444 e. The molecule has 0 rings (SSSR count). The van der Waals surface area contributed by atoms with E-state index in [2.05, 4.69) is 10.6 Å². The molecule has 3 amide bonds. The van der Waals surface area contributed by atoms with E-state index in [1.807, 2.05) is 0 Å². The third-order valence-electron chi connectivity index (χ3n) is 3.31. The molecule has 198 valence electrons. The Kier molecular flexibility index (Phi) is 13.4. The summed E-state index contributed by atoms with van der Waals surface area (Å²) in [5, 5.41) is 5.97. The maximum absolute atomic E-state index is 11.9. The van der Waals surface area contributed by atoms with E-state index in [1.165, 1.54) is 12.2 Å². The number of ether oxygens (including phenoxy) is 2. The van der Waals surface area contributed by atoms with Crippen LogP contribution >= 0.6 is 0 Å². The molecule has 0 heterocycles. The van der Waals surface area contributed by atoms with Crippen LogP contribution in [0, 0.1) is 0 Å². The molecule has 0 radical (unpaired) electrons. The van der Waals surface area contributed by atoms with Gasteiger partial charge in [0.05, 0.1) is 25.2 Å². The highest BCUT2D eigenvalue weighted by Gasteiger charge is 2.38. The quantitative estimate of drug-likeness (QED) is 0.409. The first-order valence-electron chi connectivity index (χ1n) is 10.2. The zero-order chi connectivity index (χ0) is 27.5. The first-order valence-corrected chi connectivity index (χ1v) is 10.2. The molecule has 0 aliphatic carbocycles. The number of carbonyl (C=O) groups is 5. The van der Waals surface area contributed by atoms with Crippen LogP contribution in [0.3, 0.4) is 0 Å². The molecule has 0 bridgehead atoms. The Bertz CT molecular complexity index is 729. The van der Waals surface area contributed by atoms with Gasteiger partial charge in [0.25, 0.3) is 0 Å². The maximum Gasteiger partial charge on any atom is 0.471 e. The van der Waals surface area contributed by atoms with Gasteiger partial charge in [-0.3, -0.25) is 14.4 Å². The van der Waals surface area contributed by atoms with Gasteiger partial charge in [-0.15, -0.1) is 0 Å². The van der Waals surface area contributed by atoms with Crippen molar-refractivity contribution in [1.29, 1.82) is 0 Å². The van der Waals surface area contributed by atoms with E-state index in [4.69, 9.17) is 15.2 Å². The number of nitrogens with two attached hydrogens (primary N) is 1. The third kappa shape index (κ3) is 17.6. The van der Waals surface area contributed by atoms with Crippen LogP contribution in [0.5, 0.6) is 0 Å². The lowest BCUT2D eigenvalue weighted by molar-refractivity contribution is -0.173. The van der Waals surface area contributed by atoms with Crippen LogP contribution in [0.15, 0.2) is 0 Å². The van der Waals surface area contributed by atoms with E-state index in [0.29, 0.717) is 0 Å². The van der Waals surface area contributed by atoms with Crippen molar-refractivity contribution in [2.45, 2.75) is 84.9 Å². The lowest BCUT2D eigenvalue weighted by Gasteiger charge is -2.21. The van der Waals surface area contributed by atoms with Crippen molar-refractivity contribution in [1.82, 2.24) is 16.0 Å². The molecule has 0 aliphatic rings. The van der Waals surface area contributed by atoms with E-state index in [0.717, 1.165) is 0 Å². The summed E-state index contributed by atoms with van der Waals surface area (Å²) in [5.41, 5.74) is 3.81. The van der Waals surface area contributed by atoms with E-state index < -0.39 is 59.9 Å². The third-order valence-corrected chi connectivity index (χ3v) is 3.31. The number of amides is 3. The largest absolute Gasteiger partial charge is 0.471 e. The number of Topliss-reactive ketones (excluding diaryl/α,β-unsaturated/α-hetero) is 2. The number of rotatable bonds is 7. The van der Waals surface area contributed by atoms with Gasteiger partial charge in [0, 0.05) is 0 Å². The first-order chi connectivity index (χ1) is 15.1. The lowest BCUT2D eigenvalue weighted by Crippen LogP contribution is -2.47.